The maximum atomic E-state index is 5.70. The van der Waals surface area contributed by atoms with Crippen molar-refractivity contribution in [2.75, 3.05) is 23.9 Å². The summed E-state index contributed by atoms with van der Waals surface area (Å²) < 4.78 is 6.58. The quantitative estimate of drug-likeness (QED) is 0.762. The highest BCUT2D eigenvalue weighted by Crippen LogP contribution is 2.37. The van der Waals surface area contributed by atoms with E-state index in [9.17, 15) is 0 Å². The van der Waals surface area contributed by atoms with Crippen molar-refractivity contribution >= 4 is 35.3 Å². The van der Waals surface area contributed by atoms with Gasteiger partial charge in [0.15, 0.2) is 0 Å². The summed E-state index contributed by atoms with van der Waals surface area (Å²) in [6.45, 7) is 5.53. The molecule has 2 heterocycles. The molecule has 0 aromatic rings. The monoisotopic (exact) mass is 292 g/mol. The lowest BCUT2D eigenvalue weighted by Crippen LogP contribution is -2.23. The van der Waals surface area contributed by atoms with Gasteiger partial charge in [0, 0.05) is 5.75 Å². The molecule has 2 saturated heterocycles. The second-order valence-corrected chi connectivity index (χ2v) is 9.33. The lowest BCUT2D eigenvalue weighted by molar-refractivity contribution is 0.0829. The highest BCUT2D eigenvalue weighted by Gasteiger charge is 2.21. The first kappa shape index (κ1) is 14.4. The molecule has 2 unspecified atom stereocenters. The zero-order chi connectivity index (χ0) is 12.1. The molecular formula is C13H24OS3. The van der Waals surface area contributed by atoms with Crippen LogP contribution < -0.4 is 0 Å². The molecular weight excluding hydrogens is 268 g/mol. The molecule has 0 aromatic carbocycles. The molecule has 0 N–H and O–H groups in total. The van der Waals surface area contributed by atoms with Crippen LogP contribution in [0.3, 0.4) is 0 Å². The Hall–Kier alpha value is 1.01. The van der Waals surface area contributed by atoms with Crippen LogP contribution in [-0.4, -0.2) is 33.9 Å². The van der Waals surface area contributed by atoms with Gasteiger partial charge in [0.05, 0.1) is 16.6 Å². The smallest absolute Gasteiger partial charge is 0.0999 e. The van der Waals surface area contributed by atoms with Crippen LogP contribution in [0.1, 0.15) is 33.1 Å². The van der Waals surface area contributed by atoms with E-state index in [1.807, 2.05) is 11.8 Å². The van der Waals surface area contributed by atoms with Gasteiger partial charge < -0.3 is 4.74 Å². The van der Waals surface area contributed by atoms with Crippen LogP contribution in [0, 0.1) is 11.8 Å². The minimum atomic E-state index is 0.428. The Labute approximate surface area is 119 Å². The molecule has 0 aliphatic carbocycles. The minimum Gasteiger partial charge on any atom is -0.368 e. The van der Waals surface area contributed by atoms with Crippen molar-refractivity contribution in [1.82, 2.24) is 0 Å². The Morgan fingerprint density at radius 3 is 2.41 bits per heavy atom. The summed E-state index contributed by atoms with van der Waals surface area (Å²) in [5, 5.41) is 0. The standard InChI is InChI=1S/C13H24OS3/c1-10-7-16-13(17-8-10)5-3-4-12-6-14-11(2)15-9-12/h10-13H,3-9H2,1-2H3. The van der Waals surface area contributed by atoms with E-state index in [4.69, 9.17) is 4.74 Å². The van der Waals surface area contributed by atoms with Crippen LogP contribution in [0.5, 0.6) is 0 Å². The van der Waals surface area contributed by atoms with Crippen LogP contribution in [-0.2, 0) is 4.74 Å². The zero-order valence-electron chi connectivity index (χ0n) is 10.9. The van der Waals surface area contributed by atoms with Gasteiger partial charge >= 0.3 is 0 Å². The Morgan fingerprint density at radius 1 is 1.00 bits per heavy atom. The molecule has 2 fully saturated rings. The van der Waals surface area contributed by atoms with E-state index in [1.165, 1.54) is 36.5 Å². The summed E-state index contributed by atoms with van der Waals surface area (Å²) >= 11 is 6.35. The molecule has 1 nitrogen and oxygen atoms in total. The summed E-state index contributed by atoms with van der Waals surface area (Å²) in [5.74, 6) is 5.79. The van der Waals surface area contributed by atoms with Crippen LogP contribution in [0.4, 0.5) is 0 Å². The lowest BCUT2D eigenvalue weighted by Gasteiger charge is -2.28. The number of hydrogen-bond donors (Lipinski definition) is 0. The Kier molecular flexibility index (Phi) is 6.42. The van der Waals surface area contributed by atoms with E-state index in [-0.39, 0.29) is 0 Å². The Bertz CT molecular complexity index is 187. The first-order valence-electron chi connectivity index (χ1n) is 6.70. The fraction of sp³-hybridized carbons (Fsp3) is 1.00. The molecule has 17 heavy (non-hydrogen) atoms. The van der Waals surface area contributed by atoms with Crippen molar-refractivity contribution in [2.24, 2.45) is 11.8 Å². The van der Waals surface area contributed by atoms with E-state index in [0.29, 0.717) is 5.44 Å². The van der Waals surface area contributed by atoms with Gasteiger partial charge in [-0.05, 0) is 43.1 Å². The topological polar surface area (TPSA) is 9.23 Å². The average Bonchev–Trinajstić information content (AvgIpc) is 2.34. The fourth-order valence-corrected chi connectivity index (χ4v) is 6.16. The second-order valence-electron chi connectivity index (χ2n) is 5.23. The number of hydrogen-bond acceptors (Lipinski definition) is 4. The van der Waals surface area contributed by atoms with Crippen molar-refractivity contribution < 1.29 is 4.74 Å². The van der Waals surface area contributed by atoms with E-state index < -0.39 is 0 Å². The van der Waals surface area contributed by atoms with E-state index in [0.717, 1.165) is 23.0 Å². The van der Waals surface area contributed by atoms with Gasteiger partial charge in [-0.25, -0.2) is 0 Å². The van der Waals surface area contributed by atoms with E-state index in [2.05, 4.69) is 37.4 Å². The van der Waals surface area contributed by atoms with Gasteiger partial charge in [0.2, 0.25) is 0 Å². The highest BCUT2D eigenvalue weighted by molar-refractivity contribution is 8.17. The van der Waals surface area contributed by atoms with Gasteiger partial charge in [-0.2, -0.15) is 0 Å². The van der Waals surface area contributed by atoms with Crippen LogP contribution >= 0.6 is 35.3 Å². The maximum Gasteiger partial charge on any atom is 0.0999 e. The summed E-state index contributed by atoms with van der Waals surface area (Å²) in [5.41, 5.74) is 0.428. The average molecular weight is 293 g/mol. The number of rotatable bonds is 4. The second kappa shape index (κ2) is 7.56. The normalized spacial score (nSPS) is 39.2. The highest BCUT2D eigenvalue weighted by atomic mass is 32.2. The summed E-state index contributed by atoms with van der Waals surface area (Å²) in [6.07, 6.45) is 4.16. The van der Waals surface area contributed by atoms with Crippen molar-refractivity contribution in [2.45, 2.75) is 43.1 Å². The maximum absolute atomic E-state index is 5.70. The van der Waals surface area contributed by atoms with E-state index >= 15 is 0 Å². The molecule has 2 aliphatic rings. The fourth-order valence-electron chi connectivity index (χ4n) is 2.19. The largest absolute Gasteiger partial charge is 0.368 e. The number of ether oxygens (including phenoxy) is 1. The molecule has 100 valence electrons. The predicted octanol–water partition coefficient (Wildman–Crippen LogP) is 4.32. The predicted molar refractivity (Wildman–Crippen MR) is 83.1 cm³/mol. The Morgan fingerprint density at radius 2 is 1.76 bits per heavy atom. The molecule has 2 aliphatic heterocycles. The van der Waals surface area contributed by atoms with Crippen molar-refractivity contribution in [3.63, 3.8) is 0 Å². The molecule has 0 bridgehead atoms. The minimum absolute atomic E-state index is 0.428. The molecule has 0 radical (unpaired) electrons. The third-order valence-corrected chi connectivity index (χ3v) is 8.14. The van der Waals surface area contributed by atoms with Crippen molar-refractivity contribution in [3.8, 4) is 0 Å². The first-order chi connectivity index (χ1) is 8.24. The lowest BCUT2D eigenvalue weighted by atomic mass is 10.1. The summed E-state index contributed by atoms with van der Waals surface area (Å²) in [6, 6.07) is 0. The molecule has 2 rings (SSSR count). The molecule has 0 aromatic heterocycles. The Balaban J connectivity index is 1.54. The molecule has 2 atom stereocenters. The molecule has 0 amide bonds. The first-order valence-corrected chi connectivity index (χ1v) is 9.85. The van der Waals surface area contributed by atoms with Crippen LogP contribution in [0.15, 0.2) is 0 Å². The van der Waals surface area contributed by atoms with Gasteiger partial charge in [-0.3, -0.25) is 0 Å². The van der Waals surface area contributed by atoms with Crippen molar-refractivity contribution in [1.29, 1.82) is 0 Å². The van der Waals surface area contributed by atoms with Gasteiger partial charge in [-0.1, -0.05) is 13.3 Å². The number of thioether (sulfide) groups is 3. The van der Waals surface area contributed by atoms with Crippen molar-refractivity contribution in [3.05, 3.63) is 0 Å². The van der Waals surface area contributed by atoms with Gasteiger partial charge in [-0.15, -0.1) is 35.3 Å². The molecule has 0 saturated carbocycles. The summed E-state index contributed by atoms with van der Waals surface area (Å²) in [7, 11) is 0. The third-order valence-electron chi connectivity index (χ3n) is 3.32. The van der Waals surface area contributed by atoms with Crippen LogP contribution in [0.25, 0.3) is 0 Å². The van der Waals surface area contributed by atoms with Gasteiger partial charge in [0.25, 0.3) is 0 Å². The van der Waals surface area contributed by atoms with Crippen LogP contribution in [0.2, 0.25) is 0 Å². The molecule has 4 heteroatoms. The third kappa shape index (κ3) is 5.25. The zero-order valence-corrected chi connectivity index (χ0v) is 13.3. The summed E-state index contributed by atoms with van der Waals surface area (Å²) in [4.78, 5) is 0. The van der Waals surface area contributed by atoms with Gasteiger partial charge in [0.1, 0.15) is 0 Å². The molecule has 0 spiro atoms. The van der Waals surface area contributed by atoms with E-state index in [1.54, 1.807) is 0 Å². The SMILES string of the molecule is CC1CSC(CCCC2COC(C)SC2)SC1.